The second-order valence-corrected chi connectivity index (χ2v) is 13.2. The first kappa shape index (κ1) is 31.6. The fraction of sp³-hybridized carbons (Fsp3) is 0.194. The number of benzene rings is 2. The van der Waals surface area contributed by atoms with Crippen molar-refractivity contribution >= 4 is 56.0 Å². The van der Waals surface area contributed by atoms with Crippen LogP contribution in [-0.4, -0.2) is 103 Å². The predicted molar refractivity (Wildman–Crippen MR) is 180 cm³/mol. The van der Waals surface area contributed by atoms with Crippen molar-refractivity contribution in [1.29, 1.82) is 0 Å². The van der Waals surface area contributed by atoms with E-state index in [1.807, 2.05) is 24.3 Å². The Morgan fingerprint density at radius 3 is 2.43 bits per heavy atom. The van der Waals surface area contributed by atoms with Crippen LogP contribution in [0.1, 0.15) is 26.4 Å². The average Bonchev–Trinajstić information content (AvgIpc) is 3.90. The van der Waals surface area contributed by atoms with Crippen molar-refractivity contribution in [3.63, 3.8) is 0 Å². The molecule has 2 amide bonds. The zero-order valence-corrected chi connectivity index (χ0v) is 27.0. The van der Waals surface area contributed by atoms with E-state index < -0.39 is 21.8 Å². The van der Waals surface area contributed by atoms with Gasteiger partial charge in [-0.05, 0) is 55.1 Å². The molecule has 0 saturated carbocycles. The number of anilines is 4. The van der Waals surface area contributed by atoms with Crippen molar-refractivity contribution in [1.82, 2.24) is 49.1 Å². The predicted octanol–water partition coefficient (Wildman–Crippen LogP) is 2.51. The van der Waals surface area contributed by atoms with Crippen LogP contribution in [0.4, 0.5) is 23.1 Å². The monoisotopic (exact) mass is 681 g/mol. The highest BCUT2D eigenvalue weighted by atomic mass is 32.2. The summed E-state index contributed by atoms with van der Waals surface area (Å²) in [6.45, 7) is 4.99. The number of aromatic amines is 2. The summed E-state index contributed by atoms with van der Waals surface area (Å²) >= 11 is 0. The smallest absolute Gasteiger partial charge is 0.284 e. The third-order valence-electron chi connectivity index (χ3n) is 8.02. The number of hydrogen-bond acceptors (Lipinski definition) is 12. The fourth-order valence-electron chi connectivity index (χ4n) is 5.31. The van der Waals surface area contributed by atoms with E-state index in [9.17, 15) is 18.0 Å². The lowest BCUT2D eigenvalue weighted by Crippen LogP contribution is -2.43. The standard InChI is InChI=1S/C31H31N13O4S/c1-42-12-14-43(15-13-42)17-20-2-6-22(7-3-20)36-30(46)26-25(16-34-41-26)37-28-24-10-11-33-27(24)38-31(39-28)40-29(45)21-4-8-23(9-5-21)49(47,48)44-19-32-18-35-44/h2-11,16,18-19H,12-15,17H2,1H3,(H,34,41)(H,36,46)(H3,33,37,38,39,40,45). The normalized spacial score (nSPS) is 14.1. The lowest BCUT2D eigenvalue weighted by Gasteiger charge is -2.32. The number of carbonyl (C=O) groups excluding carboxylic acids is 2. The summed E-state index contributed by atoms with van der Waals surface area (Å²) in [5.74, 6) is -0.732. The van der Waals surface area contributed by atoms with Crippen molar-refractivity contribution < 1.29 is 18.0 Å². The highest BCUT2D eigenvalue weighted by Gasteiger charge is 2.21. The van der Waals surface area contributed by atoms with Crippen LogP contribution in [0, 0.1) is 0 Å². The first-order valence-corrected chi connectivity index (χ1v) is 16.7. The Hall–Kier alpha value is -5.98. The first-order chi connectivity index (χ1) is 23.7. The molecular formula is C31H31N13O4S. The van der Waals surface area contributed by atoms with Crippen LogP contribution in [0.2, 0.25) is 0 Å². The minimum atomic E-state index is -3.95. The molecule has 0 aliphatic carbocycles. The van der Waals surface area contributed by atoms with E-state index in [-0.39, 0.29) is 22.1 Å². The highest BCUT2D eigenvalue weighted by Crippen LogP contribution is 2.27. The summed E-state index contributed by atoms with van der Waals surface area (Å²) in [7, 11) is -1.82. The number of hydrogen-bond donors (Lipinski definition) is 5. The number of piperazine rings is 1. The van der Waals surface area contributed by atoms with Crippen LogP contribution in [0.5, 0.6) is 0 Å². The molecule has 0 spiro atoms. The third kappa shape index (κ3) is 6.86. The first-order valence-electron chi connectivity index (χ1n) is 15.2. The number of nitrogens with zero attached hydrogens (tertiary/aromatic N) is 8. The van der Waals surface area contributed by atoms with Crippen molar-refractivity contribution in [2.45, 2.75) is 11.4 Å². The van der Waals surface area contributed by atoms with E-state index in [1.54, 1.807) is 12.3 Å². The lowest BCUT2D eigenvalue weighted by atomic mass is 10.1. The van der Waals surface area contributed by atoms with Gasteiger partial charge in [-0.3, -0.25) is 24.9 Å². The fourth-order valence-corrected chi connectivity index (χ4v) is 6.35. The van der Waals surface area contributed by atoms with Crippen LogP contribution in [0.3, 0.4) is 0 Å². The van der Waals surface area contributed by atoms with Gasteiger partial charge in [0, 0.05) is 56.4 Å². The molecule has 250 valence electrons. The van der Waals surface area contributed by atoms with Crippen molar-refractivity contribution in [3.8, 4) is 0 Å². The lowest BCUT2D eigenvalue weighted by molar-refractivity contribution is 0.101. The maximum atomic E-state index is 13.3. The Morgan fingerprint density at radius 2 is 1.69 bits per heavy atom. The molecule has 4 aromatic heterocycles. The molecule has 7 rings (SSSR count). The van der Waals surface area contributed by atoms with E-state index in [0.717, 1.165) is 49.5 Å². The number of carbonyl (C=O) groups is 2. The van der Waals surface area contributed by atoms with Crippen molar-refractivity contribution in [2.75, 3.05) is 49.2 Å². The molecule has 17 nitrogen and oxygen atoms in total. The summed E-state index contributed by atoms with van der Waals surface area (Å²) < 4.78 is 26.1. The summed E-state index contributed by atoms with van der Waals surface area (Å²) in [6.07, 6.45) is 5.38. The van der Waals surface area contributed by atoms with E-state index in [0.29, 0.717) is 28.2 Å². The molecule has 1 fully saturated rings. The molecular weight excluding hydrogens is 650 g/mol. The van der Waals surface area contributed by atoms with Gasteiger partial charge in [0.25, 0.3) is 21.8 Å². The molecule has 49 heavy (non-hydrogen) atoms. The van der Waals surface area contributed by atoms with Gasteiger partial charge < -0.3 is 20.5 Å². The zero-order valence-electron chi connectivity index (χ0n) is 26.2. The Kier molecular flexibility index (Phi) is 8.55. The van der Waals surface area contributed by atoms with Crippen LogP contribution in [0.15, 0.2) is 84.5 Å². The summed E-state index contributed by atoms with van der Waals surface area (Å²) in [6, 6.07) is 14.8. The Morgan fingerprint density at radius 1 is 0.918 bits per heavy atom. The maximum absolute atomic E-state index is 13.3. The summed E-state index contributed by atoms with van der Waals surface area (Å²) in [5, 5.41) is 19.8. The van der Waals surface area contributed by atoms with Crippen molar-refractivity contribution in [2.24, 2.45) is 0 Å². The number of amides is 2. The van der Waals surface area contributed by atoms with Crippen molar-refractivity contribution in [3.05, 3.63) is 96.5 Å². The van der Waals surface area contributed by atoms with Gasteiger partial charge in [-0.1, -0.05) is 12.1 Å². The molecule has 0 radical (unpaired) electrons. The Bertz CT molecular complexity index is 2210. The van der Waals surface area contributed by atoms with Gasteiger partial charge in [-0.2, -0.15) is 23.5 Å². The maximum Gasteiger partial charge on any atom is 0.284 e. The zero-order chi connectivity index (χ0) is 34.0. The quantitative estimate of drug-likeness (QED) is 0.141. The summed E-state index contributed by atoms with van der Waals surface area (Å²) in [4.78, 5) is 46.5. The molecule has 0 unspecified atom stereocenters. The van der Waals surface area contributed by atoms with Gasteiger partial charge in [-0.25, -0.2) is 4.98 Å². The van der Waals surface area contributed by atoms with Gasteiger partial charge >= 0.3 is 0 Å². The average molecular weight is 682 g/mol. The molecule has 5 heterocycles. The highest BCUT2D eigenvalue weighted by molar-refractivity contribution is 7.89. The van der Waals surface area contributed by atoms with Gasteiger partial charge in [0.2, 0.25) is 5.95 Å². The number of rotatable bonds is 10. The van der Waals surface area contributed by atoms with Crippen LogP contribution in [-0.2, 0) is 16.6 Å². The number of H-pyrrole nitrogens is 2. The molecule has 1 aliphatic rings. The van der Waals surface area contributed by atoms with E-state index in [1.165, 1.54) is 36.0 Å². The number of nitrogens with one attached hydrogen (secondary N) is 5. The van der Waals surface area contributed by atoms with Gasteiger partial charge in [0.1, 0.15) is 24.1 Å². The SMILES string of the molecule is CN1CCN(Cc2ccc(NC(=O)c3n[nH]cc3Nc3nc(NC(=O)c4ccc(S(=O)(=O)n5cncn5)cc4)nc4[nH]ccc34)cc2)CC1. The second kappa shape index (κ2) is 13.3. The minimum Gasteiger partial charge on any atom is -0.346 e. The molecule has 2 aromatic carbocycles. The van der Waals surface area contributed by atoms with E-state index >= 15 is 0 Å². The second-order valence-electron chi connectivity index (χ2n) is 11.4. The molecule has 0 bridgehead atoms. The third-order valence-corrected chi connectivity index (χ3v) is 9.57. The van der Waals surface area contributed by atoms with Crippen LogP contribution >= 0.6 is 0 Å². The van der Waals surface area contributed by atoms with Crippen LogP contribution in [0.25, 0.3) is 11.0 Å². The number of aromatic nitrogens is 8. The molecule has 6 aromatic rings. The molecule has 1 saturated heterocycles. The Labute approximate surface area is 279 Å². The van der Waals surface area contributed by atoms with E-state index in [2.05, 4.69) is 68.0 Å². The van der Waals surface area contributed by atoms with Gasteiger partial charge in [-0.15, -0.1) is 9.19 Å². The number of fused-ring (bicyclic) bond motifs is 1. The molecule has 0 atom stereocenters. The Balaban J connectivity index is 1.03. The molecule has 18 heteroatoms. The van der Waals surface area contributed by atoms with E-state index in [4.69, 9.17) is 0 Å². The van der Waals surface area contributed by atoms with Gasteiger partial charge in [0.15, 0.2) is 5.69 Å². The molecule has 1 aliphatic heterocycles. The largest absolute Gasteiger partial charge is 0.346 e. The minimum absolute atomic E-state index is 0.0343. The molecule has 5 N–H and O–H groups in total. The van der Waals surface area contributed by atoms with Gasteiger partial charge in [0.05, 0.1) is 16.0 Å². The summed E-state index contributed by atoms with van der Waals surface area (Å²) in [5.41, 5.74) is 2.85. The topological polar surface area (TPSA) is 212 Å². The number of likely N-dealkylation sites (N-methyl/N-ethyl adjacent to an activating group) is 1. The van der Waals surface area contributed by atoms with Crippen LogP contribution < -0.4 is 16.0 Å².